The minimum atomic E-state index is -0.146. The van der Waals surface area contributed by atoms with E-state index in [1.807, 2.05) is 68.4 Å². The Morgan fingerprint density at radius 1 is 0.786 bits per heavy atom. The number of carbonyl (C=O) groups excluding carboxylic acids is 1. The second-order valence-electron chi connectivity index (χ2n) is 11.2. The van der Waals surface area contributed by atoms with Gasteiger partial charge in [-0.05, 0) is 86.1 Å². The molecule has 4 aromatic carbocycles. The molecule has 0 unspecified atom stereocenters. The standard InChI is InChI=1S/C35H36N6O/c1-24-19-25(2)21-30(20-24)36-34(42)27-11-13-29(14-12-27)37-35-38-32-10-5-4-9-31(32)33(39-35)28-8-6-7-26(22-28)23-41-17-15-40(3)16-18-41/h4-14,19-22H,15-18,23H2,1-3H3,(H,36,42)(H,37,38,39). The average Bonchev–Trinajstić information content (AvgIpc) is 2.98. The Hall–Kier alpha value is -4.59. The number of anilines is 3. The Morgan fingerprint density at radius 3 is 2.29 bits per heavy atom. The molecule has 0 aliphatic carbocycles. The van der Waals surface area contributed by atoms with Crippen molar-refractivity contribution in [3.05, 3.63) is 113 Å². The first kappa shape index (κ1) is 27.6. The van der Waals surface area contributed by atoms with Crippen molar-refractivity contribution in [2.24, 2.45) is 0 Å². The van der Waals surface area contributed by atoms with Crippen molar-refractivity contribution >= 4 is 34.1 Å². The number of benzene rings is 4. The molecule has 1 amide bonds. The molecule has 5 aromatic rings. The largest absolute Gasteiger partial charge is 0.324 e. The molecule has 0 saturated carbocycles. The number of piperazine rings is 1. The van der Waals surface area contributed by atoms with Crippen LogP contribution in [0.1, 0.15) is 27.0 Å². The van der Waals surface area contributed by atoms with Crippen LogP contribution in [-0.4, -0.2) is 58.9 Å². The summed E-state index contributed by atoms with van der Waals surface area (Å²) in [6.45, 7) is 9.34. The highest BCUT2D eigenvalue weighted by Gasteiger charge is 2.16. The number of fused-ring (bicyclic) bond motifs is 1. The molecule has 7 nitrogen and oxygen atoms in total. The number of likely N-dealkylation sites (N-methyl/N-ethyl adjacent to an activating group) is 1. The number of carbonyl (C=O) groups is 1. The molecule has 0 radical (unpaired) electrons. The van der Waals surface area contributed by atoms with Crippen molar-refractivity contribution < 1.29 is 4.79 Å². The lowest BCUT2D eigenvalue weighted by Crippen LogP contribution is -2.43. The van der Waals surface area contributed by atoms with Gasteiger partial charge in [0.1, 0.15) is 0 Å². The number of hydrogen-bond donors (Lipinski definition) is 2. The van der Waals surface area contributed by atoms with Gasteiger partial charge in [-0.3, -0.25) is 9.69 Å². The second kappa shape index (κ2) is 12.1. The lowest BCUT2D eigenvalue weighted by Gasteiger charge is -2.32. The Bertz CT molecular complexity index is 1700. The van der Waals surface area contributed by atoms with Crippen molar-refractivity contribution in [1.29, 1.82) is 0 Å². The van der Waals surface area contributed by atoms with Gasteiger partial charge in [-0.2, -0.15) is 0 Å². The van der Waals surface area contributed by atoms with Crippen molar-refractivity contribution in [2.45, 2.75) is 20.4 Å². The van der Waals surface area contributed by atoms with Crippen LogP contribution in [0.25, 0.3) is 22.2 Å². The normalized spacial score (nSPS) is 14.2. The summed E-state index contributed by atoms with van der Waals surface area (Å²) in [5.41, 5.74) is 8.53. The molecule has 7 heteroatoms. The number of rotatable bonds is 7. The highest BCUT2D eigenvalue weighted by atomic mass is 16.1. The van der Waals surface area contributed by atoms with Crippen LogP contribution in [0.3, 0.4) is 0 Å². The number of amides is 1. The zero-order valence-electron chi connectivity index (χ0n) is 24.4. The highest BCUT2D eigenvalue weighted by molar-refractivity contribution is 6.04. The lowest BCUT2D eigenvalue weighted by atomic mass is 10.0. The zero-order valence-corrected chi connectivity index (χ0v) is 24.4. The van der Waals surface area contributed by atoms with Crippen LogP contribution in [0.15, 0.2) is 91.0 Å². The van der Waals surface area contributed by atoms with E-state index in [1.165, 1.54) is 5.56 Å². The summed E-state index contributed by atoms with van der Waals surface area (Å²) < 4.78 is 0. The molecule has 0 atom stereocenters. The summed E-state index contributed by atoms with van der Waals surface area (Å²) >= 11 is 0. The molecule has 1 saturated heterocycles. The third-order valence-electron chi connectivity index (χ3n) is 7.69. The molecule has 0 bridgehead atoms. The molecule has 1 aromatic heterocycles. The van der Waals surface area contributed by atoms with Crippen LogP contribution in [0.4, 0.5) is 17.3 Å². The molecule has 212 valence electrons. The van der Waals surface area contributed by atoms with Crippen LogP contribution >= 0.6 is 0 Å². The molecule has 0 spiro atoms. The van der Waals surface area contributed by atoms with Gasteiger partial charge < -0.3 is 15.5 Å². The number of aromatic nitrogens is 2. The van der Waals surface area contributed by atoms with Crippen molar-refractivity contribution in [1.82, 2.24) is 19.8 Å². The smallest absolute Gasteiger partial charge is 0.255 e. The summed E-state index contributed by atoms with van der Waals surface area (Å²) in [5.74, 6) is 0.368. The van der Waals surface area contributed by atoms with E-state index in [4.69, 9.17) is 9.97 Å². The van der Waals surface area contributed by atoms with E-state index >= 15 is 0 Å². The first-order chi connectivity index (χ1) is 20.4. The van der Waals surface area contributed by atoms with Gasteiger partial charge in [0.25, 0.3) is 5.91 Å². The van der Waals surface area contributed by atoms with E-state index in [-0.39, 0.29) is 5.91 Å². The van der Waals surface area contributed by atoms with Gasteiger partial charge in [-0.15, -0.1) is 0 Å². The summed E-state index contributed by atoms with van der Waals surface area (Å²) in [6, 6.07) is 30.2. The average molecular weight is 557 g/mol. The fourth-order valence-corrected chi connectivity index (χ4v) is 5.52. The number of aryl methyl sites for hydroxylation is 2. The van der Waals surface area contributed by atoms with E-state index in [0.29, 0.717) is 11.5 Å². The number of para-hydroxylation sites is 1. The van der Waals surface area contributed by atoms with Crippen LogP contribution in [-0.2, 0) is 6.54 Å². The number of nitrogens with one attached hydrogen (secondary N) is 2. The highest BCUT2D eigenvalue weighted by Crippen LogP contribution is 2.29. The maximum absolute atomic E-state index is 12.9. The molecule has 1 aliphatic rings. The topological polar surface area (TPSA) is 73.4 Å². The predicted molar refractivity (Wildman–Crippen MR) is 171 cm³/mol. The Balaban J connectivity index is 1.22. The predicted octanol–water partition coefficient (Wildman–Crippen LogP) is 6.66. The van der Waals surface area contributed by atoms with E-state index in [0.717, 1.165) is 77.4 Å². The van der Waals surface area contributed by atoms with E-state index in [1.54, 1.807) is 0 Å². The van der Waals surface area contributed by atoms with Crippen molar-refractivity contribution in [3.8, 4) is 11.3 Å². The zero-order chi connectivity index (χ0) is 29.1. The van der Waals surface area contributed by atoms with E-state index < -0.39 is 0 Å². The number of hydrogen-bond acceptors (Lipinski definition) is 6. The first-order valence-electron chi connectivity index (χ1n) is 14.4. The van der Waals surface area contributed by atoms with Crippen LogP contribution in [0.5, 0.6) is 0 Å². The minimum Gasteiger partial charge on any atom is -0.324 e. The van der Waals surface area contributed by atoms with Crippen LogP contribution in [0, 0.1) is 13.8 Å². The van der Waals surface area contributed by atoms with Gasteiger partial charge in [-0.1, -0.05) is 42.5 Å². The molecular weight excluding hydrogens is 520 g/mol. The lowest BCUT2D eigenvalue weighted by molar-refractivity contribution is 0.102. The third kappa shape index (κ3) is 6.48. The van der Waals surface area contributed by atoms with Gasteiger partial charge in [0.2, 0.25) is 5.95 Å². The van der Waals surface area contributed by atoms with Gasteiger partial charge in [-0.25, -0.2) is 9.97 Å². The van der Waals surface area contributed by atoms with E-state index in [2.05, 4.69) is 63.9 Å². The Kier molecular flexibility index (Phi) is 7.95. The van der Waals surface area contributed by atoms with Crippen LogP contribution < -0.4 is 10.6 Å². The molecule has 6 rings (SSSR count). The molecule has 1 aliphatic heterocycles. The molecule has 1 fully saturated rings. The Morgan fingerprint density at radius 2 is 1.52 bits per heavy atom. The second-order valence-corrected chi connectivity index (χ2v) is 11.2. The molecular formula is C35H36N6O. The van der Waals surface area contributed by atoms with E-state index in [9.17, 15) is 4.79 Å². The number of nitrogens with zero attached hydrogens (tertiary/aromatic N) is 4. The van der Waals surface area contributed by atoms with Crippen molar-refractivity contribution in [2.75, 3.05) is 43.9 Å². The fourth-order valence-electron chi connectivity index (χ4n) is 5.52. The minimum absolute atomic E-state index is 0.146. The Labute approximate surface area is 247 Å². The fraction of sp³-hybridized carbons (Fsp3) is 0.229. The summed E-state index contributed by atoms with van der Waals surface area (Å²) in [6.07, 6.45) is 0. The summed E-state index contributed by atoms with van der Waals surface area (Å²) in [5, 5.41) is 7.36. The monoisotopic (exact) mass is 556 g/mol. The first-order valence-corrected chi connectivity index (χ1v) is 14.4. The quantitative estimate of drug-likeness (QED) is 0.234. The van der Waals surface area contributed by atoms with Gasteiger partial charge >= 0.3 is 0 Å². The summed E-state index contributed by atoms with van der Waals surface area (Å²) in [4.78, 5) is 27.5. The maximum Gasteiger partial charge on any atom is 0.255 e. The van der Waals surface area contributed by atoms with Gasteiger partial charge in [0, 0.05) is 60.6 Å². The molecule has 42 heavy (non-hydrogen) atoms. The summed E-state index contributed by atoms with van der Waals surface area (Å²) in [7, 11) is 2.18. The molecule has 2 N–H and O–H groups in total. The van der Waals surface area contributed by atoms with Gasteiger partial charge in [0.05, 0.1) is 11.2 Å². The maximum atomic E-state index is 12.9. The van der Waals surface area contributed by atoms with Crippen molar-refractivity contribution in [3.63, 3.8) is 0 Å². The van der Waals surface area contributed by atoms with Gasteiger partial charge in [0.15, 0.2) is 0 Å². The third-order valence-corrected chi connectivity index (χ3v) is 7.69. The van der Waals surface area contributed by atoms with Crippen LogP contribution in [0.2, 0.25) is 0 Å². The molecule has 2 heterocycles. The SMILES string of the molecule is Cc1cc(C)cc(NC(=O)c2ccc(Nc3nc(-c4cccc(CN5CCN(C)CC5)c4)c4ccccc4n3)cc2)c1.